The second kappa shape index (κ2) is 7.11. The van der Waals surface area contributed by atoms with Gasteiger partial charge in [0.25, 0.3) is 0 Å². The van der Waals surface area contributed by atoms with E-state index in [1.165, 1.54) is 6.07 Å². The summed E-state index contributed by atoms with van der Waals surface area (Å²) in [5.74, 6) is -0.254. The van der Waals surface area contributed by atoms with Crippen LogP contribution in [-0.4, -0.2) is 11.9 Å². The molecule has 1 unspecified atom stereocenters. The van der Waals surface area contributed by atoms with Gasteiger partial charge in [-0.25, -0.2) is 4.39 Å². The van der Waals surface area contributed by atoms with E-state index in [1.807, 2.05) is 13.0 Å². The maximum Gasteiger partial charge on any atom is 0.220 e. The van der Waals surface area contributed by atoms with Crippen LogP contribution >= 0.6 is 0 Å². The molecule has 0 bridgehead atoms. The highest BCUT2D eigenvalue weighted by atomic mass is 19.1. The van der Waals surface area contributed by atoms with Crippen molar-refractivity contribution in [1.82, 2.24) is 5.32 Å². The van der Waals surface area contributed by atoms with E-state index in [0.29, 0.717) is 18.5 Å². The molecule has 0 fully saturated rings. The number of nitrogens with one attached hydrogen (secondary N) is 1. The first-order valence-electron chi connectivity index (χ1n) is 6.26. The highest BCUT2D eigenvalue weighted by Crippen LogP contribution is 2.09. The van der Waals surface area contributed by atoms with Crippen LogP contribution < -0.4 is 11.1 Å². The van der Waals surface area contributed by atoms with Crippen LogP contribution in [0.2, 0.25) is 0 Å². The van der Waals surface area contributed by atoms with Crippen LogP contribution in [0.3, 0.4) is 0 Å². The number of halogens is 1. The Morgan fingerprint density at radius 2 is 2.22 bits per heavy atom. The van der Waals surface area contributed by atoms with Crippen molar-refractivity contribution in [3.63, 3.8) is 0 Å². The Morgan fingerprint density at radius 3 is 2.83 bits per heavy atom. The van der Waals surface area contributed by atoms with E-state index in [0.717, 1.165) is 18.4 Å². The van der Waals surface area contributed by atoms with Crippen LogP contribution in [0.4, 0.5) is 4.39 Å². The summed E-state index contributed by atoms with van der Waals surface area (Å²) in [5.41, 5.74) is 6.99. The SMILES string of the molecule is Cc1ccc(CNC(=O)CCCC(C)N)cc1F. The number of nitrogens with two attached hydrogens (primary N) is 1. The van der Waals surface area contributed by atoms with Crippen LogP contribution in [0.25, 0.3) is 0 Å². The zero-order chi connectivity index (χ0) is 13.5. The van der Waals surface area contributed by atoms with E-state index in [-0.39, 0.29) is 17.8 Å². The smallest absolute Gasteiger partial charge is 0.220 e. The molecule has 18 heavy (non-hydrogen) atoms. The van der Waals surface area contributed by atoms with Crippen LogP contribution in [0.15, 0.2) is 18.2 Å². The molecule has 1 atom stereocenters. The Bertz CT molecular complexity index is 405. The second-order valence-electron chi connectivity index (χ2n) is 4.73. The van der Waals surface area contributed by atoms with Crippen molar-refractivity contribution in [2.24, 2.45) is 5.73 Å². The van der Waals surface area contributed by atoms with Crippen LogP contribution in [0, 0.1) is 12.7 Å². The van der Waals surface area contributed by atoms with Gasteiger partial charge in [-0.15, -0.1) is 0 Å². The predicted molar refractivity (Wildman–Crippen MR) is 70.5 cm³/mol. The van der Waals surface area contributed by atoms with Gasteiger partial charge in [-0.1, -0.05) is 12.1 Å². The molecule has 1 rings (SSSR count). The summed E-state index contributed by atoms with van der Waals surface area (Å²) in [5, 5.41) is 2.77. The first-order valence-corrected chi connectivity index (χ1v) is 6.26. The molecule has 100 valence electrons. The van der Waals surface area contributed by atoms with Crippen molar-refractivity contribution in [3.05, 3.63) is 35.1 Å². The average molecular weight is 252 g/mol. The number of benzene rings is 1. The lowest BCUT2D eigenvalue weighted by atomic mass is 10.1. The number of aryl methyl sites for hydroxylation is 1. The Morgan fingerprint density at radius 1 is 1.50 bits per heavy atom. The molecule has 0 saturated heterocycles. The first-order chi connectivity index (χ1) is 8.49. The van der Waals surface area contributed by atoms with E-state index in [9.17, 15) is 9.18 Å². The molecule has 1 aromatic carbocycles. The van der Waals surface area contributed by atoms with Gasteiger partial charge in [0.15, 0.2) is 0 Å². The van der Waals surface area contributed by atoms with Gasteiger partial charge in [0.05, 0.1) is 0 Å². The molecule has 0 saturated carbocycles. The summed E-state index contributed by atoms with van der Waals surface area (Å²) < 4.78 is 13.3. The molecule has 1 aromatic rings. The highest BCUT2D eigenvalue weighted by molar-refractivity contribution is 5.75. The van der Waals surface area contributed by atoms with Gasteiger partial charge in [-0.05, 0) is 43.9 Å². The number of hydrogen-bond acceptors (Lipinski definition) is 2. The third-order valence-electron chi connectivity index (χ3n) is 2.79. The summed E-state index contributed by atoms with van der Waals surface area (Å²) in [6, 6.07) is 5.12. The van der Waals surface area contributed by atoms with Gasteiger partial charge in [-0.3, -0.25) is 4.79 Å². The molecule has 0 radical (unpaired) electrons. The van der Waals surface area contributed by atoms with Crippen molar-refractivity contribution in [2.75, 3.05) is 0 Å². The fourth-order valence-corrected chi connectivity index (χ4v) is 1.62. The molecule has 0 spiro atoms. The highest BCUT2D eigenvalue weighted by Gasteiger charge is 2.04. The Hall–Kier alpha value is -1.42. The van der Waals surface area contributed by atoms with E-state index in [2.05, 4.69) is 5.32 Å². The van der Waals surface area contributed by atoms with Gasteiger partial charge in [0, 0.05) is 19.0 Å². The molecule has 3 nitrogen and oxygen atoms in total. The fraction of sp³-hybridized carbons (Fsp3) is 0.500. The predicted octanol–water partition coefficient (Wildman–Crippen LogP) is 2.27. The van der Waals surface area contributed by atoms with Crippen LogP contribution in [-0.2, 0) is 11.3 Å². The maximum atomic E-state index is 13.3. The van der Waals surface area contributed by atoms with Gasteiger partial charge in [0.1, 0.15) is 5.82 Å². The fourth-order valence-electron chi connectivity index (χ4n) is 1.62. The standard InChI is InChI=1S/C14H21FN2O/c1-10-6-7-12(8-13(10)15)9-17-14(18)5-3-4-11(2)16/h6-8,11H,3-5,9,16H2,1-2H3,(H,17,18). The summed E-state index contributed by atoms with van der Waals surface area (Å²) in [7, 11) is 0. The zero-order valence-corrected chi connectivity index (χ0v) is 11.0. The lowest BCUT2D eigenvalue weighted by Gasteiger charge is -2.07. The van der Waals surface area contributed by atoms with E-state index >= 15 is 0 Å². The minimum absolute atomic E-state index is 0.0170. The Balaban J connectivity index is 2.31. The number of hydrogen-bond donors (Lipinski definition) is 2. The molecule has 0 aliphatic rings. The summed E-state index contributed by atoms with van der Waals surface area (Å²) in [6.07, 6.45) is 2.09. The number of amides is 1. The quantitative estimate of drug-likeness (QED) is 0.816. The van der Waals surface area contributed by atoms with Gasteiger partial charge < -0.3 is 11.1 Å². The van der Waals surface area contributed by atoms with Gasteiger partial charge in [0.2, 0.25) is 5.91 Å². The summed E-state index contributed by atoms with van der Waals surface area (Å²) >= 11 is 0. The van der Waals surface area contributed by atoms with E-state index in [1.54, 1.807) is 13.0 Å². The number of carbonyl (C=O) groups is 1. The zero-order valence-electron chi connectivity index (χ0n) is 11.0. The summed E-state index contributed by atoms with van der Waals surface area (Å²) in [6.45, 7) is 4.01. The average Bonchev–Trinajstić information content (AvgIpc) is 2.30. The topological polar surface area (TPSA) is 55.1 Å². The van der Waals surface area contributed by atoms with E-state index in [4.69, 9.17) is 5.73 Å². The minimum atomic E-state index is -0.237. The lowest BCUT2D eigenvalue weighted by molar-refractivity contribution is -0.121. The Kier molecular flexibility index (Phi) is 5.78. The van der Waals surface area contributed by atoms with Crippen molar-refractivity contribution in [3.8, 4) is 0 Å². The van der Waals surface area contributed by atoms with Gasteiger partial charge in [-0.2, -0.15) is 0 Å². The molecule has 4 heteroatoms. The second-order valence-corrected chi connectivity index (χ2v) is 4.73. The van der Waals surface area contributed by atoms with E-state index < -0.39 is 0 Å². The number of carbonyl (C=O) groups excluding carboxylic acids is 1. The molecule has 0 aromatic heterocycles. The van der Waals surface area contributed by atoms with Crippen molar-refractivity contribution < 1.29 is 9.18 Å². The van der Waals surface area contributed by atoms with Crippen LogP contribution in [0.1, 0.15) is 37.3 Å². The molecular weight excluding hydrogens is 231 g/mol. The molecule has 0 heterocycles. The molecule has 0 aliphatic heterocycles. The third-order valence-corrected chi connectivity index (χ3v) is 2.79. The van der Waals surface area contributed by atoms with Crippen molar-refractivity contribution >= 4 is 5.91 Å². The minimum Gasteiger partial charge on any atom is -0.352 e. The molecule has 3 N–H and O–H groups in total. The van der Waals surface area contributed by atoms with Crippen LogP contribution in [0.5, 0.6) is 0 Å². The molecule has 1 amide bonds. The lowest BCUT2D eigenvalue weighted by Crippen LogP contribution is -2.23. The normalized spacial score (nSPS) is 12.2. The summed E-state index contributed by atoms with van der Waals surface area (Å²) in [4.78, 5) is 11.5. The molecule has 0 aliphatic carbocycles. The maximum absolute atomic E-state index is 13.3. The molecular formula is C14H21FN2O. The van der Waals surface area contributed by atoms with Crippen molar-refractivity contribution in [1.29, 1.82) is 0 Å². The first kappa shape index (κ1) is 14.6. The number of rotatable bonds is 6. The monoisotopic (exact) mass is 252 g/mol. The third kappa shape index (κ3) is 5.27. The van der Waals surface area contributed by atoms with Gasteiger partial charge >= 0.3 is 0 Å². The largest absolute Gasteiger partial charge is 0.352 e. The Labute approximate surface area is 108 Å². The van der Waals surface area contributed by atoms with Crippen molar-refractivity contribution in [2.45, 2.75) is 45.7 Å².